The molecular weight excluding hydrogens is 298 g/mol. The molecule has 5 nitrogen and oxygen atoms in total. The van der Waals surface area contributed by atoms with Gasteiger partial charge in [0.1, 0.15) is 6.04 Å². The van der Waals surface area contributed by atoms with Gasteiger partial charge in [-0.15, -0.1) is 11.3 Å². The van der Waals surface area contributed by atoms with Crippen LogP contribution >= 0.6 is 11.3 Å². The second kappa shape index (κ2) is 6.27. The Hall–Kier alpha value is -2.21. The maximum absolute atomic E-state index is 12.4. The van der Waals surface area contributed by atoms with Crippen molar-refractivity contribution in [2.45, 2.75) is 25.8 Å². The monoisotopic (exact) mass is 315 g/mol. The van der Waals surface area contributed by atoms with Crippen LogP contribution in [0.25, 0.3) is 0 Å². The van der Waals surface area contributed by atoms with Gasteiger partial charge in [-0.2, -0.15) is 0 Å². The summed E-state index contributed by atoms with van der Waals surface area (Å²) in [6.45, 7) is 2.34. The van der Waals surface area contributed by atoms with Gasteiger partial charge in [-0.3, -0.25) is 9.69 Å². The van der Waals surface area contributed by atoms with E-state index in [4.69, 9.17) is 0 Å². The van der Waals surface area contributed by atoms with Crippen LogP contribution in [0, 0.1) is 6.92 Å². The molecule has 0 aliphatic carbocycles. The van der Waals surface area contributed by atoms with Crippen LogP contribution in [0.4, 0.5) is 4.79 Å². The lowest BCUT2D eigenvalue weighted by atomic mass is 10.1. The van der Waals surface area contributed by atoms with Crippen molar-refractivity contribution in [3.8, 4) is 0 Å². The van der Waals surface area contributed by atoms with Crippen molar-refractivity contribution in [2.75, 3.05) is 6.54 Å². The van der Waals surface area contributed by atoms with Crippen LogP contribution in [0.2, 0.25) is 0 Å². The molecule has 0 bridgehead atoms. The maximum atomic E-state index is 12.4. The van der Waals surface area contributed by atoms with E-state index < -0.39 is 6.04 Å². The molecular formula is C16H17N3O2S. The molecule has 114 valence electrons. The van der Waals surface area contributed by atoms with E-state index in [-0.39, 0.29) is 11.9 Å². The average Bonchev–Trinajstić information content (AvgIpc) is 3.03. The fraction of sp³-hybridized carbons (Fsp3) is 0.312. The molecule has 1 fully saturated rings. The quantitative estimate of drug-likeness (QED) is 0.860. The fourth-order valence-corrected chi connectivity index (χ4v) is 3.33. The lowest BCUT2D eigenvalue weighted by Crippen LogP contribution is -2.33. The van der Waals surface area contributed by atoms with E-state index in [9.17, 15) is 9.59 Å². The van der Waals surface area contributed by atoms with E-state index in [1.807, 2.05) is 37.3 Å². The van der Waals surface area contributed by atoms with E-state index in [1.165, 1.54) is 4.90 Å². The van der Waals surface area contributed by atoms with E-state index in [2.05, 4.69) is 10.3 Å². The van der Waals surface area contributed by atoms with E-state index in [0.717, 1.165) is 16.1 Å². The second-order valence-corrected chi connectivity index (χ2v) is 6.23. The standard InChI is InChI=1S/C16H17N3O2S/c1-11-14(22-10-17-11)7-8-19-15(20)13(18-16(19)21)9-12-5-3-2-4-6-12/h2-6,10,13H,7-9H2,1H3,(H,18,21). The van der Waals surface area contributed by atoms with E-state index in [0.29, 0.717) is 19.4 Å². The number of rotatable bonds is 5. The van der Waals surface area contributed by atoms with Crippen LogP contribution in [0.1, 0.15) is 16.1 Å². The molecule has 6 heteroatoms. The number of amides is 3. The number of imide groups is 1. The molecule has 1 atom stereocenters. The Balaban J connectivity index is 1.63. The number of hydrogen-bond acceptors (Lipinski definition) is 4. The van der Waals surface area contributed by atoms with Crippen molar-refractivity contribution < 1.29 is 9.59 Å². The van der Waals surface area contributed by atoms with Crippen LogP contribution in [0.15, 0.2) is 35.8 Å². The minimum absolute atomic E-state index is 0.143. The summed E-state index contributed by atoms with van der Waals surface area (Å²) < 4.78 is 0. The largest absolute Gasteiger partial charge is 0.325 e. The van der Waals surface area contributed by atoms with E-state index in [1.54, 1.807) is 16.8 Å². The zero-order valence-electron chi connectivity index (χ0n) is 12.3. The van der Waals surface area contributed by atoms with Crippen LogP contribution < -0.4 is 5.32 Å². The van der Waals surface area contributed by atoms with Crippen molar-refractivity contribution in [1.29, 1.82) is 0 Å². The van der Waals surface area contributed by atoms with Gasteiger partial charge in [-0.25, -0.2) is 9.78 Å². The van der Waals surface area contributed by atoms with Crippen LogP contribution in [-0.4, -0.2) is 34.4 Å². The molecule has 1 aliphatic rings. The molecule has 1 aliphatic heterocycles. The lowest BCUT2D eigenvalue weighted by molar-refractivity contribution is -0.127. The number of benzene rings is 1. The highest BCUT2D eigenvalue weighted by Gasteiger charge is 2.37. The molecule has 1 unspecified atom stereocenters. The number of hydrogen-bond donors (Lipinski definition) is 1. The fourth-order valence-electron chi connectivity index (χ4n) is 2.56. The third-order valence-electron chi connectivity index (χ3n) is 3.80. The topological polar surface area (TPSA) is 62.3 Å². The summed E-state index contributed by atoms with van der Waals surface area (Å²) in [5.74, 6) is -0.143. The van der Waals surface area contributed by atoms with Crippen molar-refractivity contribution in [3.63, 3.8) is 0 Å². The van der Waals surface area contributed by atoms with Crippen molar-refractivity contribution in [2.24, 2.45) is 0 Å². The normalized spacial score (nSPS) is 17.9. The number of urea groups is 1. The highest BCUT2D eigenvalue weighted by Crippen LogP contribution is 2.16. The Kier molecular flexibility index (Phi) is 4.20. The Morgan fingerprint density at radius 3 is 2.73 bits per heavy atom. The summed E-state index contributed by atoms with van der Waals surface area (Å²) in [5.41, 5.74) is 3.80. The first kappa shape index (κ1) is 14.7. The Morgan fingerprint density at radius 1 is 1.27 bits per heavy atom. The molecule has 3 amide bonds. The molecule has 22 heavy (non-hydrogen) atoms. The highest BCUT2D eigenvalue weighted by molar-refractivity contribution is 7.09. The summed E-state index contributed by atoms with van der Waals surface area (Å²) in [6, 6.07) is 8.96. The van der Waals surface area contributed by atoms with Gasteiger partial charge < -0.3 is 5.32 Å². The molecule has 2 aromatic rings. The lowest BCUT2D eigenvalue weighted by Gasteiger charge is -2.12. The van der Waals surface area contributed by atoms with Gasteiger partial charge in [-0.05, 0) is 12.5 Å². The van der Waals surface area contributed by atoms with Crippen LogP contribution in [0.3, 0.4) is 0 Å². The number of nitrogens with one attached hydrogen (secondary N) is 1. The van der Waals surface area contributed by atoms with Gasteiger partial charge in [0.05, 0.1) is 11.2 Å². The van der Waals surface area contributed by atoms with Crippen molar-refractivity contribution in [1.82, 2.24) is 15.2 Å². The van der Waals surface area contributed by atoms with Gasteiger partial charge in [-0.1, -0.05) is 30.3 Å². The molecule has 0 radical (unpaired) electrons. The first-order valence-corrected chi connectivity index (χ1v) is 8.08. The number of aryl methyl sites for hydroxylation is 1. The highest BCUT2D eigenvalue weighted by atomic mass is 32.1. The summed E-state index contributed by atoms with van der Waals surface area (Å²) in [5, 5.41) is 2.77. The molecule has 1 aromatic heterocycles. The van der Waals surface area contributed by atoms with Crippen molar-refractivity contribution >= 4 is 23.3 Å². The zero-order chi connectivity index (χ0) is 15.5. The molecule has 0 spiro atoms. The Labute approximate surface area is 133 Å². The van der Waals surface area contributed by atoms with Crippen LogP contribution in [0.5, 0.6) is 0 Å². The Morgan fingerprint density at radius 2 is 2.05 bits per heavy atom. The summed E-state index contributed by atoms with van der Waals surface area (Å²) in [4.78, 5) is 31.0. The first-order valence-electron chi connectivity index (χ1n) is 7.20. The number of aromatic nitrogens is 1. The third-order valence-corrected chi connectivity index (χ3v) is 4.79. The molecule has 1 aromatic carbocycles. The maximum Gasteiger partial charge on any atom is 0.324 e. The molecule has 2 heterocycles. The predicted molar refractivity (Wildman–Crippen MR) is 84.7 cm³/mol. The smallest absolute Gasteiger partial charge is 0.324 e. The SMILES string of the molecule is Cc1ncsc1CCN1C(=O)NC(Cc2ccccc2)C1=O. The average molecular weight is 315 g/mol. The number of nitrogens with zero attached hydrogens (tertiary/aromatic N) is 2. The minimum atomic E-state index is -0.461. The van der Waals surface area contributed by atoms with Gasteiger partial charge in [0.2, 0.25) is 0 Å². The zero-order valence-corrected chi connectivity index (χ0v) is 13.1. The van der Waals surface area contributed by atoms with Gasteiger partial charge in [0.15, 0.2) is 0 Å². The number of carbonyl (C=O) groups excluding carboxylic acids is 2. The first-order chi connectivity index (χ1) is 10.6. The summed E-state index contributed by atoms with van der Waals surface area (Å²) in [7, 11) is 0. The number of carbonyl (C=O) groups is 2. The van der Waals surface area contributed by atoms with Gasteiger partial charge >= 0.3 is 6.03 Å². The molecule has 0 saturated carbocycles. The predicted octanol–water partition coefficient (Wildman–Crippen LogP) is 2.16. The molecule has 1 saturated heterocycles. The Bertz CT molecular complexity index is 684. The minimum Gasteiger partial charge on any atom is -0.325 e. The third kappa shape index (κ3) is 3.01. The van der Waals surface area contributed by atoms with Gasteiger partial charge in [0.25, 0.3) is 5.91 Å². The molecule has 3 rings (SSSR count). The van der Waals surface area contributed by atoms with Crippen LogP contribution in [-0.2, 0) is 17.6 Å². The second-order valence-electron chi connectivity index (χ2n) is 5.29. The molecule has 1 N–H and O–H groups in total. The summed E-state index contributed by atoms with van der Waals surface area (Å²) in [6.07, 6.45) is 1.19. The van der Waals surface area contributed by atoms with Gasteiger partial charge in [0, 0.05) is 24.3 Å². The summed E-state index contributed by atoms with van der Waals surface area (Å²) >= 11 is 1.56. The van der Waals surface area contributed by atoms with E-state index >= 15 is 0 Å². The number of thiazole rings is 1. The van der Waals surface area contributed by atoms with Crippen molar-refractivity contribution in [3.05, 3.63) is 52.0 Å².